The molecular weight excluding hydrogens is 320 g/mol. The van der Waals surface area contributed by atoms with Crippen LogP contribution in [-0.4, -0.2) is 28.5 Å². The van der Waals surface area contributed by atoms with E-state index in [9.17, 15) is 9.59 Å². The van der Waals surface area contributed by atoms with E-state index in [1.165, 1.54) is 0 Å². The number of imidazole rings is 1. The molecule has 7 nitrogen and oxygen atoms in total. The molecule has 25 heavy (non-hydrogen) atoms. The van der Waals surface area contributed by atoms with Gasteiger partial charge in [0.25, 0.3) is 0 Å². The lowest BCUT2D eigenvalue weighted by molar-refractivity contribution is -0.124. The van der Waals surface area contributed by atoms with Gasteiger partial charge < -0.3 is 10.1 Å². The third-order valence-corrected chi connectivity index (χ3v) is 4.20. The van der Waals surface area contributed by atoms with Gasteiger partial charge >= 0.3 is 0 Å². The highest BCUT2D eigenvalue weighted by molar-refractivity contribution is 6.02. The van der Waals surface area contributed by atoms with Crippen LogP contribution in [0.4, 0.5) is 11.6 Å². The molecule has 2 heterocycles. The number of rotatable bonds is 3. The summed E-state index contributed by atoms with van der Waals surface area (Å²) in [5.74, 6) is 0.618. The summed E-state index contributed by atoms with van der Waals surface area (Å²) in [7, 11) is 1.58. The molecule has 0 saturated carbocycles. The Morgan fingerprint density at radius 3 is 2.76 bits per heavy atom. The number of para-hydroxylation sites is 2. The normalized spacial score (nSPS) is 16.2. The molecule has 0 bridgehead atoms. The largest absolute Gasteiger partial charge is 0.497 e. The summed E-state index contributed by atoms with van der Waals surface area (Å²) < 4.78 is 6.88. The van der Waals surface area contributed by atoms with E-state index in [1.807, 2.05) is 24.3 Å². The highest BCUT2D eigenvalue weighted by atomic mass is 16.5. The molecule has 126 valence electrons. The number of ether oxygens (including phenoxy) is 1. The Bertz CT molecular complexity index is 962. The number of aromatic nitrogens is 2. The fourth-order valence-electron chi connectivity index (χ4n) is 3.00. The highest BCUT2D eigenvalue weighted by Crippen LogP contribution is 2.31. The van der Waals surface area contributed by atoms with Crippen molar-refractivity contribution in [2.45, 2.75) is 12.5 Å². The first kappa shape index (κ1) is 15.2. The molecule has 2 aromatic carbocycles. The first-order valence-electron chi connectivity index (χ1n) is 7.87. The summed E-state index contributed by atoms with van der Waals surface area (Å²) in [6.07, 6.45) is 0.0648. The summed E-state index contributed by atoms with van der Waals surface area (Å²) in [5, 5.41) is 5.59. The average Bonchev–Trinajstić information content (AvgIpc) is 2.99. The van der Waals surface area contributed by atoms with Gasteiger partial charge in [0.2, 0.25) is 17.8 Å². The molecule has 0 fully saturated rings. The van der Waals surface area contributed by atoms with E-state index in [4.69, 9.17) is 4.74 Å². The van der Waals surface area contributed by atoms with Crippen molar-refractivity contribution in [3.05, 3.63) is 48.5 Å². The smallest absolute Gasteiger partial charge is 0.248 e. The predicted molar refractivity (Wildman–Crippen MR) is 93.6 cm³/mol. The molecular formula is C18H16N4O3. The zero-order valence-corrected chi connectivity index (χ0v) is 13.5. The Morgan fingerprint density at radius 2 is 2.00 bits per heavy atom. The van der Waals surface area contributed by atoms with Gasteiger partial charge in [0, 0.05) is 5.69 Å². The summed E-state index contributed by atoms with van der Waals surface area (Å²) >= 11 is 0. The van der Waals surface area contributed by atoms with E-state index in [0.717, 1.165) is 11.0 Å². The van der Waals surface area contributed by atoms with Gasteiger partial charge in [0.1, 0.15) is 11.8 Å². The maximum atomic E-state index is 12.8. The Morgan fingerprint density at radius 1 is 1.24 bits per heavy atom. The molecule has 1 aliphatic rings. The number of methoxy groups -OCH3 is 1. The lowest BCUT2D eigenvalue weighted by Gasteiger charge is -2.25. The minimum atomic E-state index is -0.654. The van der Waals surface area contributed by atoms with Crippen molar-refractivity contribution in [2.75, 3.05) is 17.7 Å². The van der Waals surface area contributed by atoms with Crippen molar-refractivity contribution in [3.8, 4) is 5.75 Å². The average molecular weight is 336 g/mol. The number of hydrogen-bond donors (Lipinski definition) is 2. The second kappa shape index (κ2) is 5.94. The molecule has 1 atom stereocenters. The van der Waals surface area contributed by atoms with Crippen molar-refractivity contribution < 1.29 is 14.3 Å². The predicted octanol–water partition coefficient (Wildman–Crippen LogP) is 2.57. The van der Waals surface area contributed by atoms with Crippen molar-refractivity contribution >= 4 is 34.5 Å². The molecule has 0 spiro atoms. The van der Waals surface area contributed by atoms with Crippen LogP contribution in [0.15, 0.2) is 48.5 Å². The first-order valence-corrected chi connectivity index (χ1v) is 7.87. The van der Waals surface area contributed by atoms with E-state index in [-0.39, 0.29) is 18.2 Å². The number of carbonyl (C=O) groups excluding carboxylic acids is 2. The molecule has 2 amide bonds. The minimum Gasteiger partial charge on any atom is -0.497 e. The Kier molecular flexibility index (Phi) is 3.61. The van der Waals surface area contributed by atoms with E-state index >= 15 is 0 Å². The third kappa shape index (κ3) is 2.69. The molecule has 7 heteroatoms. The van der Waals surface area contributed by atoms with Crippen LogP contribution in [0.3, 0.4) is 0 Å². The van der Waals surface area contributed by atoms with Gasteiger partial charge in [0.05, 0.1) is 24.6 Å². The van der Waals surface area contributed by atoms with Crippen molar-refractivity contribution in [1.29, 1.82) is 0 Å². The fraction of sp³-hybridized carbons (Fsp3) is 0.167. The number of anilines is 2. The monoisotopic (exact) mass is 336 g/mol. The number of nitrogens with zero attached hydrogens (tertiary/aromatic N) is 2. The van der Waals surface area contributed by atoms with Crippen LogP contribution >= 0.6 is 0 Å². The standard InChI is InChI=1S/C18H16N4O3/c1-25-12-8-6-11(7-9-12)19-17(24)15-10-16(23)21-18-20-13-4-2-3-5-14(13)22(15)18/h2-9,15H,10H2,1H3,(H,19,24)(H,20,21,23)/t15-/m0/s1. The molecule has 1 aromatic heterocycles. The van der Waals surface area contributed by atoms with Gasteiger partial charge in [-0.2, -0.15) is 0 Å². The number of carbonyl (C=O) groups is 2. The van der Waals surface area contributed by atoms with Crippen molar-refractivity contribution in [2.24, 2.45) is 0 Å². The van der Waals surface area contributed by atoms with Crippen molar-refractivity contribution in [1.82, 2.24) is 9.55 Å². The van der Waals surface area contributed by atoms with Crippen LogP contribution < -0.4 is 15.4 Å². The van der Waals surface area contributed by atoms with Crippen LogP contribution in [0.2, 0.25) is 0 Å². The molecule has 0 aliphatic carbocycles. The maximum Gasteiger partial charge on any atom is 0.248 e. The molecule has 1 aliphatic heterocycles. The Hall–Kier alpha value is -3.35. The molecule has 0 unspecified atom stereocenters. The summed E-state index contributed by atoms with van der Waals surface area (Å²) in [5.41, 5.74) is 2.19. The highest BCUT2D eigenvalue weighted by Gasteiger charge is 2.32. The van der Waals surface area contributed by atoms with Crippen LogP contribution in [-0.2, 0) is 9.59 Å². The zero-order valence-electron chi connectivity index (χ0n) is 13.5. The van der Waals surface area contributed by atoms with Crippen LogP contribution in [0, 0.1) is 0 Å². The van der Waals surface area contributed by atoms with E-state index in [2.05, 4.69) is 15.6 Å². The molecule has 0 saturated heterocycles. The first-order chi connectivity index (χ1) is 12.2. The lowest BCUT2D eigenvalue weighted by Crippen LogP contribution is -2.35. The lowest BCUT2D eigenvalue weighted by atomic mass is 10.1. The fourth-order valence-corrected chi connectivity index (χ4v) is 3.00. The third-order valence-electron chi connectivity index (χ3n) is 4.20. The number of amides is 2. The quantitative estimate of drug-likeness (QED) is 0.770. The second-order valence-corrected chi connectivity index (χ2v) is 5.78. The molecule has 0 radical (unpaired) electrons. The molecule has 2 N–H and O–H groups in total. The van der Waals surface area contributed by atoms with Crippen LogP contribution in [0.5, 0.6) is 5.75 Å². The van der Waals surface area contributed by atoms with E-state index < -0.39 is 6.04 Å². The summed E-state index contributed by atoms with van der Waals surface area (Å²) in [6, 6.07) is 13.9. The van der Waals surface area contributed by atoms with Crippen LogP contribution in [0.25, 0.3) is 11.0 Å². The SMILES string of the molecule is COc1ccc(NC(=O)[C@@H]2CC(=O)Nc3nc4ccccc4n32)cc1. The van der Waals surface area contributed by atoms with Gasteiger partial charge in [0.15, 0.2) is 0 Å². The van der Waals surface area contributed by atoms with Gasteiger partial charge in [-0.1, -0.05) is 12.1 Å². The number of hydrogen-bond acceptors (Lipinski definition) is 4. The second-order valence-electron chi connectivity index (χ2n) is 5.78. The summed E-state index contributed by atoms with van der Waals surface area (Å²) in [6.45, 7) is 0. The number of nitrogens with one attached hydrogen (secondary N) is 2. The topological polar surface area (TPSA) is 85.2 Å². The Balaban J connectivity index is 1.68. The maximum absolute atomic E-state index is 12.8. The van der Waals surface area contributed by atoms with Gasteiger partial charge in [-0.05, 0) is 36.4 Å². The van der Waals surface area contributed by atoms with Gasteiger partial charge in [-0.3, -0.25) is 19.5 Å². The van der Waals surface area contributed by atoms with E-state index in [0.29, 0.717) is 17.4 Å². The number of benzene rings is 2. The summed E-state index contributed by atoms with van der Waals surface area (Å²) in [4.78, 5) is 29.2. The van der Waals surface area contributed by atoms with Gasteiger partial charge in [-0.25, -0.2) is 4.98 Å². The van der Waals surface area contributed by atoms with Gasteiger partial charge in [-0.15, -0.1) is 0 Å². The minimum absolute atomic E-state index is 0.0648. The van der Waals surface area contributed by atoms with Crippen molar-refractivity contribution in [3.63, 3.8) is 0 Å². The molecule has 3 aromatic rings. The molecule has 4 rings (SSSR count). The van der Waals surface area contributed by atoms with E-state index in [1.54, 1.807) is 35.9 Å². The van der Waals surface area contributed by atoms with Crippen LogP contribution in [0.1, 0.15) is 12.5 Å². The number of fused-ring (bicyclic) bond motifs is 3. The zero-order chi connectivity index (χ0) is 17.4. The Labute approximate surface area is 143 Å².